The topological polar surface area (TPSA) is 101 Å². The van der Waals surface area contributed by atoms with Crippen LogP contribution in [0, 0.1) is 12.7 Å². The van der Waals surface area contributed by atoms with Crippen molar-refractivity contribution in [3.05, 3.63) is 59.5 Å². The van der Waals surface area contributed by atoms with E-state index >= 15 is 0 Å². The fourth-order valence-corrected chi connectivity index (χ4v) is 5.75. The van der Waals surface area contributed by atoms with E-state index in [-0.39, 0.29) is 25.4 Å². The lowest BCUT2D eigenvalue weighted by Gasteiger charge is -2.29. The maximum atomic E-state index is 14.9. The molecular formula is C27H29FN4O5S. The largest absolute Gasteiger partial charge is 0.497 e. The molecular weight excluding hydrogens is 511 g/mol. The first-order chi connectivity index (χ1) is 18.3. The molecule has 1 aromatic heterocycles. The molecule has 0 radical (unpaired) electrons. The normalized spacial score (nSPS) is 18.1. The number of hydrogen-bond donors (Lipinski definition) is 1. The van der Waals surface area contributed by atoms with Crippen LogP contribution in [0.5, 0.6) is 5.75 Å². The molecule has 200 valence electrons. The smallest absolute Gasteiger partial charge is 0.414 e. The monoisotopic (exact) mass is 540 g/mol. The Morgan fingerprint density at radius 2 is 2.00 bits per heavy atom. The second-order valence-corrected chi connectivity index (χ2v) is 11.1. The lowest BCUT2D eigenvalue weighted by Crippen LogP contribution is -2.38. The number of carbonyl (C=O) groups is 2. The Bertz CT molecular complexity index is 1410. The summed E-state index contributed by atoms with van der Waals surface area (Å²) in [6, 6.07) is 12.2. The third-order valence-corrected chi connectivity index (χ3v) is 8.11. The number of ether oxygens (including phenoxy) is 2. The van der Waals surface area contributed by atoms with Crippen molar-refractivity contribution in [2.75, 3.05) is 54.6 Å². The number of carbonyl (C=O) groups excluding carboxylic acids is 2. The quantitative estimate of drug-likeness (QED) is 0.492. The Labute approximate surface area is 222 Å². The van der Waals surface area contributed by atoms with Crippen molar-refractivity contribution in [2.24, 2.45) is 0 Å². The molecule has 2 aliphatic rings. The van der Waals surface area contributed by atoms with E-state index < -0.39 is 28.8 Å². The van der Waals surface area contributed by atoms with E-state index in [1.807, 2.05) is 36.1 Å². The zero-order valence-corrected chi connectivity index (χ0v) is 22.1. The van der Waals surface area contributed by atoms with Crippen LogP contribution in [-0.4, -0.2) is 72.1 Å². The molecule has 5 rings (SSSR count). The molecule has 2 aromatic carbocycles. The minimum absolute atomic E-state index is 0.141. The fourth-order valence-electron chi connectivity index (χ4n) is 4.69. The van der Waals surface area contributed by atoms with Crippen molar-refractivity contribution >= 4 is 45.1 Å². The number of nitrogens with one attached hydrogen (secondary N) is 1. The molecule has 2 saturated heterocycles. The molecule has 2 fully saturated rings. The number of rotatable bonds is 7. The summed E-state index contributed by atoms with van der Waals surface area (Å²) in [5.74, 6) is 1.08. The summed E-state index contributed by atoms with van der Waals surface area (Å²) in [5, 5.41) is 3.74. The van der Waals surface area contributed by atoms with Crippen LogP contribution in [0.4, 0.5) is 20.6 Å². The summed E-state index contributed by atoms with van der Waals surface area (Å²) in [4.78, 5) is 33.0. The summed E-state index contributed by atoms with van der Waals surface area (Å²) in [6.45, 7) is 3.25. The average Bonchev–Trinajstić information content (AvgIpc) is 3.28. The summed E-state index contributed by atoms with van der Waals surface area (Å²) in [6.07, 6.45) is -1.01. The minimum Gasteiger partial charge on any atom is -0.497 e. The first-order valence-corrected chi connectivity index (χ1v) is 13.9. The SMILES string of the molecule is COc1ccc2cc(CC(=O)NC[C@H]3CN(c4ccc(N5CCS(=O)CC5)c(F)c4)C(=O)O3)c(C)nc2c1. The molecule has 2 aliphatic heterocycles. The summed E-state index contributed by atoms with van der Waals surface area (Å²) >= 11 is 0. The highest BCUT2D eigenvalue weighted by Crippen LogP contribution is 2.28. The van der Waals surface area contributed by atoms with Crippen molar-refractivity contribution in [3.63, 3.8) is 0 Å². The summed E-state index contributed by atoms with van der Waals surface area (Å²) < 4.78 is 37.1. The Morgan fingerprint density at radius 3 is 2.74 bits per heavy atom. The number of nitrogens with zero attached hydrogens (tertiary/aromatic N) is 3. The maximum Gasteiger partial charge on any atom is 0.414 e. The third kappa shape index (κ3) is 5.57. The highest BCUT2D eigenvalue weighted by atomic mass is 32.2. The number of amides is 2. The molecule has 0 bridgehead atoms. The van der Waals surface area contributed by atoms with Gasteiger partial charge >= 0.3 is 6.09 Å². The van der Waals surface area contributed by atoms with Crippen LogP contribution >= 0.6 is 0 Å². The van der Waals surface area contributed by atoms with Gasteiger partial charge in [-0.05, 0) is 48.9 Å². The molecule has 2 amide bonds. The average molecular weight is 541 g/mol. The van der Waals surface area contributed by atoms with Gasteiger partial charge in [-0.1, -0.05) is 0 Å². The number of hydrogen-bond acceptors (Lipinski definition) is 7. The molecule has 0 aliphatic carbocycles. The molecule has 3 aromatic rings. The standard InChI is InChI=1S/C27H29FN4O5S/c1-17-19(11-18-3-5-21(36-2)14-24(18)30-17)12-26(33)29-15-22-16-32(27(34)37-22)20-4-6-25(23(28)13-20)31-7-9-38(35)10-8-31/h3-6,11,13-14,22H,7-10,12,15-16H2,1-2H3,(H,29,33)/t22-/m0/s1. The number of halogens is 1. The Morgan fingerprint density at radius 1 is 1.21 bits per heavy atom. The van der Waals surface area contributed by atoms with Gasteiger partial charge in [0.05, 0.1) is 43.5 Å². The van der Waals surface area contributed by atoms with Gasteiger partial charge in [-0.2, -0.15) is 0 Å². The summed E-state index contributed by atoms with van der Waals surface area (Å²) in [7, 11) is 0.748. The predicted molar refractivity (Wildman–Crippen MR) is 144 cm³/mol. The molecule has 0 spiro atoms. The molecule has 11 heteroatoms. The zero-order valence-electron chi connectivity index (χ0n) is 21.2. The van der Waals surface area contributed by atoms with Crippen LogP contribution in [0.1, 0.15) is 11.3 Å². The Hall–Kier alpha value is -3.73. The van der Waals surface area contributed by atoms with E-state index in [1.54, 1.807) is 19.2 Å². The number of fused-ring (bicyclic) bond motifs is 1. The lowest BCUT2D eigenvalue weighted by molar-refractivity contribution is -0.120. The zero-order chi connectivity index (χ0) is 26.8. The number of aryl methyl sites for hydroxylation is 1. The molecule has 9 nitrogen and oxygen atoms in total. The number of cyclic esters (lactones) is 1. The Balaban J connectivity index is 1.17. The highest BCUT2D eigenvalue weighted by Gasteiger charge is 2.33. The van der Waals surface area contributed by atoms with Crippen LogP contribution in [0.3, 0.4) is 0 Å². The van der Waals surface area contributed by atoms with Crippen LogP contribution < -0.4 is 19.9 Å². The van der Waals surface area contributed by atoms with Crippen molar-refractivity contribution < 1.29 is 27.7 Å². The first kappa shape index (κ1) is 25.9. The van der Waals surface area contributed by atoms with Gasteiger partial charge in [-0.3, -0.25) is 18.9 Å². The van der Waals surface area contributed by atoms with E-state index in [4.69, 9.17) is 9.47 Å². The summed E-state index contributed by atoms with van der Waals surface area (Å²) in [5.41, 5.74) is 3.17. The number of methoxy groups -OCH3 is 1. The van der Waals surface area contributed by atoms with Gasteiger partial charge in [0.1, 0.15) is 17.7 Å². The Kier molecular flexibility index (Phi) is 7.46. The van der Waals surface area contributed by atoms with Crippen LogP contribution in [0.15, 0.2) is 42.5 Å². The number of anilines is 2. The second-order valence-electron chi connectivity index (χ2n) is 9.36. The van der Waals surface area contributed by atoms with Gasteiger partial charge in [0, 0.05) is 52.5 Å². The number of aromatic nitrogens is 1. The van der Waals surface area contributed by atoms with Crippen molar-refractivity contribution in [2.45, 2.75) is 19.4 Å². The van der Waals surface area contributed by atoms with E-state index in [1.165, 1.54) is 11.0 Å². The number of pyridine rings is 1. The molecule has 38 heavy (non-hydrogen) atoms. The predicted octanol–water partition coefficient (Wildman–Crippen LogP) is 2.94. The second kappa shape index (κ2) is 10.9. The van der Waals surface area contributed by atoms with E-state index in [0.717, 1.165) is 27.9 Å². The third-order valence-electron chi connectivity index (χ3n) is 6.83. The van der Waals surface area contributed by atoms with Gasteiger partial charge < -0.3 is 19.7 Å². The molecule has 1 atom stereocenters. The van der Waals surface area contributed by atoms with Gasteiger partial charge in [0.2, 0.25) is 5.91 Å². The fraction of sp³-hybridized carbons (Fsp3) is 0.370. The van der Waals surface area contributed by atoms with Gasteiger partial charge in [0.25, 0.3) is 0 Å². The molecule has 3 heterocycles. The van der Waals surface area contributed by atoms with Crippen LogP contribution in [0.25, 0.3) is 10.9 Å². The first-order valence-electron chi connectivity index (χ1n) is 12.4. The van der Waals surface area contributed by atoms with Crippen molar-refractivity contribution in [3.8, 4) is 5.75 Å². The van der Waals surface area contributed by atoms with E-state index in [9.17, 15) is 18.2 Å². The van der Waals surface area contributed by atoms with Gasteiger partial charge in [0.15, 0.2) is 0 Å². The van der Waals surface area contributed by atoms with E-state index in [0.29, 0.717) is 36.0 Å². The lowest BCUT2D eigenvalue weighted by atomic mass is 10.1. The molecule has 0 saturated carbocycles. The van der Waals surface area contributed by atoms with Crippen molar-refractivity contribution in [1.82, 2.24) is 10.3 Å². The molecule has 1 N–H and O–H groups in total. The van der Waals surface area contributed by atoms with Crippen molar-refractivity contribution in [1.29, 1.82) is 0 Å². The van der Waals surface area contributed by atoms with Crippen LogP contribution in [-0.2, 0) is 26.8 Å². The molecule has 0 unspecified atom stereocenters. The number of benzene rings is 2. The van der Waals surface area contributed by atoms with Gasteiger partial charge in [-0.15, -0.1) is 0 Å². The highest BCUT2D eigenvalue weighted by molar-refractivity contribution is 7.85. The maximum absolute atomic E-state index is 14.9. The minimum atomic E-state index is -0.853. The van der Waals surface area contributed by atoms with E-state index in [2.05, 4.69) is 10.3 Å². The van der Waals surface area contributed by atoms with Crippen LogP contribution in [0.2, 0.25) is 0 Å². The van der Waals surface area contributed by atoms with Gasteiger partial charge in [-0.25, -0.2) is 9.18 Å².